The maximum Gasteiger partial charge on any atom is 0.318 e. The van der Waals surface area contributed by atoms with Crippen LogP contribution in [0.3, 0.4) is 0 Å². The van der Waals surface area contributed by atoms with Crippen molar-refractivity contribution in [3.05, 3.63) is 29.3 Å². The zero-order valence-corrected chi connectivity index (χ0v) is 9.42. The molecule has 0 spiro atoms. The Morgan fingerprint density at radius 2 is 2.25 bits per heavy atom. The quantitative estimate of drug-likeness (QED) is 0.616. The monoisotopic (exact) mass is 217 g/mol. The molecule has 0 aliphatic rings. The lowest BCUT2D eigenvalue weighted by Crippen LogP contribution is -2.24. The van der Waals surface area contributed by atoms with Crippen molar-refractivity contribution in [2.75, 3.05) is 18.9 Å². The number of urea groups is 1. The molecular formula is C12H15N3O. The van der Waals surface area contributed by atoms with Crippen LogP contribution in [0.5, 0.6) is 0 Å². The smallest absolute Gasteiger partial charge is 0.318 e. The van der Waals surface area contributed by atoms with Crippen molar-refractivity contribution in [1.29, 1.82) is 0 Å². The third-order valence-electron chi connectivity index (χ3n) is 2.04. The van der Waals surface area contributed by atoms with E-state index in [9.17, 15) is 4.79 Å². The van der Waals surface area contributed by atoms with Gasteiger partial charge in [-0.1, -0.05) is 11.8 Å². The van der Waals surface area contributed by atoms with Gasteiger partial charge in [-0.3, -0.25) is 0 Å². The molecule has 0 fully saturated rings. The minimum absolute atomic E-state index is 0.236. The highest BCUT2D eigenvalue weighted by molar-refractivity contribution is 5.89. The number of rotatable bonds is 1. The van der Waals surface area contributed by atoms with Crippen LogP contribution in [-0.2, 0) is 0 Å². The molecule has 0 unspecified atom stereocenters. The van der Waals surface area contributed by atoms with Crippen molar-refractivity contribution in [2.45, 2.75) is 6.92 Å². The molecule has 0 heterocycles. The second kappa shape index (κ2) is 5.79. The molecule has 0 atom stereocenters. The molecule has 4 N–H and O–H groups in total. The Kier molecular flexibility index (Phi) is 4.37. The van der Waals surface area contributed by atoms with Crippen molar-refractivity contribution in [1.82, 2.24) is 5.32 Å². The fourth-order valence-electron chi connectivity index (χ4n) is 1.22. The Balaban J connectivity index is 2.86. The van der Waals surface area contributed by atoms with Crippen molar-refractivity contribution >= 4 is 11.7 Å². The highest BCUT2D eigenvalue weighted by Gasteiger charge is 2.00. The maximum absolute atomic E-state index is 11.1. The summed E-state index contributed by atoms with van der Waals surface area (Å²) in [5, 5.41) is 5.18. The van der Waals surface area contributed by atoms with Gasteiger partial charge in [0, 0.05) is 18.3 Å². The van der Waals surface area contributed by atoms with Crippen molar-refractivity contribution in [3.8, 4) is 11.8 Å². The number of carbonyl (C=O) groups is 1. The largest absolute Gasteiger partial charge is 0.341 e. The summed E-state index contributed by atoms with van der Waals surface area (Å²) in [6, 6.07) is 5.31. The number of nitrogens with one attached hydrogen (secondary N) is 2. The fourth-order valence-corrected chi connectivity index (χ4v) is 1.22. The Bertz CT molecular complexity index is 443. The summed E-state index contributed by atoms with van der Waals surface area (Å²) in [4.78, 5) is 11.1. The van der Waals surface area contributed by atoms with E-state index in [4.69, 9.17) is 5.73 Å². The molecule has 0 aliphatic carbocycles. The van der Waals surface area contributed by atoms with Gasteiger partial charge in [-0.2, -0.15) is 0 Å². The van der Waals surface area contributed by atoms with Gasteiger partial charge in [0.05, 0.1) is 6.54 Å². The van der Waals surface area contributed by atoms with Crippen LogP contribution in [0, 0.1) is 18.8 Å². The topological polar surface area (TPSA) is 67.2 Å². The average molecular weight is 217 g/mol. The van der Waals surface area contributed by atoms with Crippen LogP contribution < -0.4 is 16.4 Å². The first-order valence-electron chi connectivity index (χ1n) is 4.95. The van der Waals surface area contributed by atoms with E-state index >= 15 is 0 Å². The van der Waals surface area contributed by atoms with Gasteiger partial charge >= 0.3 is 6.03 Å². The zero-order chi connectivity index (χ0) is 12.0. The van der Waals surface area contributed by atoms with E-state index in [1.165, 1.54) is 0 Å². The van der Waals surface area contributed by atoms with Crippen molar-refractivity contribution in [3.63, 3.8) is 0 Å². The molecule has 16 heavy (non-hydrogen) atoms. The maximum atomic E-state index is 11.1. The highest BCUT2D eigenvalue weighted by atomic mass is 16.2. The first kappa shape index (κ1) is 12.1. The van der Waals surface area contributed by atoms with Crippen LogP contribution in [0.25, 0.3) is 0 Å². The molecule has 1 rings (SSSR count). The summed E-state index contributed by atoms with van der Waals surface area (Å²) >= 11 is 0. The van der Waals surface area contributed by atoms with Gasteiger partial charge < -0.3 is 16.4 Å². The standard InChI is InChI=1S/C12H15N3O/c1-9-8-11(15-12(16)14-2)6-5-10(9)4-3-7-13/h5-6,8H,7,13H2,1-2H3,(H2,14,15,16). The number of nitrogens with two attached hydrogens (primary N) is 1. The van der Waals surface area contributed by atoms with Gasteiger partial charge in [-0.05, 0) is 30.7 Å². The van der Waals surface area contributed by atoms with Gasteiger partial charge in [0.1, 0.15) is 0 Å². The molecule has 4 nitrogen and oxygen atoms in total. The molecule has 0 aliphatic heterocycles. The SMILES string of the molecule is CNC(=O)Nc1ccc(C#CCN)c(C)c1. The van der Waals surface area contributed by atoms with Gasteiger partial charge in [-0.15, -0.1) is 0 Å². The molecule has 0 bridgehead atoms. The van der Waals surface area contributed by atoms with Gasteiger partial charge in [-0.25, -0.2) is 4.79 Å². The molecule has 2 amide bonds. The number of benzene rings is 1. The lowest BCUT2D eigenvalue weighted by Gasteiger charge is -2.06. The number of hydrogen-bond donors (Lipinski definition) is 3. The van der Waals surface area contributed by atoms with Gasteiger partial charge in [0.15, 0.2) is 0 Å². The Morgan fingerprint density at radius 3 is 2.81 bits per heavy atom. The second-order valence-corrected chi connectivity index (χ2v) is 3.24. The number of anilines is 1. The second-order valence-electron chi connectivity index (χ2n) is 3.24. The van der Waals surface area contributed by atoms with E-state index in [0.717, 1.165) is 16.8 Å². The average Bonchev–Trinajstić information content (AvgIpc) is 2.28. The van der Waals surface area contributed by atoms with Crippen LogP contribution in [0.15, 0.2) is 18.2 Å². The van der Waals surface area contributed by atoms with Crippen LogP contribution in [0.4, 0.5) is 10.5 Å². The molecule has 0 radical (unpaired) electrons. The molecule has 0 saturated carbocycles. The third kappa shape index (κ3) is 3.30. The van der Waals surface area contributed by atoms with Crippen LogP contribution in [0.2, 0.25) is 0 Å². The molecule has 0 aromatic heterocycles. The first-order valence-corrected chi connectivity index (χ1v) is 4.95. The van der Waals surface area contributed by atoms with Gasteiger partial charge in [0.2, 0.25) is 0 Å². The van der Waals surface area contributed by atoms with Crippen LogP contribution >= 0.6 is 0 Å². The molecular weight excluding hydrogens is 202 g/mol. The Morgan fingerprint density at radius 1 is 1.50 bits per heavy atom. The number of amides is 2. The lowest BCUT2D eigenvalue weighted by atomic mass is 10.1. The minimum atomic E-state index is -0.236. The number of hydrogen-bond acceptors (Lipinski definition) is 2. The van der Waals surface area contributed by atoms with Crippen LogP contribution in [0.1, 0.15) is 11.1 Å². The molecule has 84 valence electrons. The predicted molar refractivity (Wildman–Crippen MR) is 65.2 cm³/mol. The zero-order valence-electron chi connectivity index (χ0n) is 9.42. The van der Waals surface area contributed by atoms with E-state index in [1.54, 1.807) is 7.05 Å². The molecule has 1 aromatic carbocycles. The summed E-state index contributed by atoms with van der Waals surface area (Å²) in [7, 11) is 1.57. The van der Waals surface area contributed by atoms with E-state index in [-0.39, 0.29) is 6.03 Å². The molecule has 1 aromatic rings. The predicted octanol–water partition coefficient (Wildman–Crippen LogP) is 1.06. The number of carbonyl (C=O) groups excluding carboxylic acids is 1. The fraction of sp³-hybridized carbons (Fsp3) is 0.250. The summed E-state index contributed by atoms with van der Waals surface area (Å²) in [6.07, 6.45) is 0. The van der Waals surface area contributed by atoms with E-state index in [0.29, 0.717) is 6.54 Å². The summed E-state index contributed by atoms with van der Waals surface area (Å²) < 4.78 is 0. The van der Waals surface area contributed by atoms with E-state index < -0.39 is 0 Å². The van der Waals surface area contributed by atoms with Crippen LogP contribution in [-0.4, -0.2) is 19.6 Å². The lowest BCUT2D eigenvalue weighted by molar-refractivity contribution is 0.254. The molecule has 0 saturated heterocycles. The Hall–Kier alpha value is -1.99. The molecule has 4 heteroatoms. The summed E-state index contributed by atoms with van der Waals surface area (Å²) in [6.45, 7) is 2.28. The Labute approximate surface area is 95.2 Å². The highest BCUT2D eigenvalue weighted by Crippen LogP contribution is 2.14. The minimum Gasteiger partial charge on any atom is -0.341 e. The third-order valence-corrected chi connectivity index (χ3v) is 2.04. The van der Waals surface area contributed by atoms with Crippen molar-refractivity contribution in [2.24, 2.45) is 5.73 Å². The normalized spacial score (nSPS) is 8.94. The first-order chi connectivity index (χ1) is 7.67. The van der Waals surface area contributed by atoms with E-state index in [2.05, 4.69) is 22.5 Å². The summed E-state index contributed by atoms with van der Waals surface area (Å²) in [5.41, 5.74) is 7.98. The van der Waals surface area contributed by atoms with Gasteiger partial charge in [0.25, 0.3) is 0 Å². The van der Waals surface area contributed by atoms with Crippen molar-refractivity contribution < 1.29 is 4.79 Å². The number of aryl methyl sites for hydroxylation is 1. The van der Waals surface area contributed by atoms with E-state index in [1.807, 2.05) is 25.1 Å². The summed E-state index contributed by atoms with van der Waals surface area (Å²) in [5.74, 6) is 5.76.